The molecule has 0 radical (unpaired) electrons. The Balaban J connectivity index is 0.000000795. The summed E-state index contributed by atoms with van der Waals surface area (Å²) in [5, 5.41) is 12.2. The molecular weight excluding hydrogens is 466 g/mol. The van der Waals surface area contributed by atoms with Gasteiger partial charge in [-0.1, -0.05) is 57.1 Å². The second-order valence-electron chi connectivity index (χ2n) is 9.12. The van der Waals surface area contributed by atoms with Crippen LogP contribution in [0.3, 0.4) is 0 Å². The van der Waals surface area contributed by atoms with E-state index in [0.717, 1.165) is 56.6 Å². The number of nitrogens with zero attached hydrogens (tertiary/aromatic N) is 3. The van der Waals surface area contributed by atoms with Gasteiger partial charge in [-0.3, -0.25) is 4.99 Å². The van der Waals surface area contributed by atoms with Crippen LogP contribution in [-0.2, 0) is 0 Å². The maximum atomic E-state index is 13.5. The van der Waals surface area contributed by atoms with Gasteiger partial charge in [0.05, 0.1) is 11.6 Å². The van der Waals surface area contributed by atoms with E-state index < -0.39 is 6.43 Å². The van der Waals surface area contributed by atoms with E-state index in [1.54, 1.807) is 20.0 Å². The third-order valence-electron chi connectivity index (χ3n) is 5.83. The van der Waals surface area contributed by atoms with Crippen LogP contribution in [0.2, 0.25) is 0 Å². The van der Waals surface area contributed by atoms with Crippen molar-refractivity contribution in [1.29, 1.82) is 5.26 Å². The van der Waals surface area contributed by atoms with Crippen LogP contribution in [-0.4, -0.2) is 42.7 Å². The molecule has 4 nitrogen and oxygen atoms in total. The van der Waals surface area contributed by atoms with Gasteiger partial charge in [0.2, 0.25) is 0 Å². The molecule has 1 unspecified atom stereocenters. The summed E-state index contributed by atoms with van der Waals surface area (Å²) in [6.45, 7) is 18.3. The molecule has 1 aliphatic rings. The summed E-state index contributed by atoms with van der Waals surface area (Å²) in [6.07, 6.45) is 14.5. The Morgan fingerprint density at radius 1 is 1.16 bits per heavy atom. The van der Waals surface area contributed by atoms with Gasteiger partial charge in [-0.2, -0.15) is 5.26 Å². The lowest BCUT2D eigenvalue weighted by molar-refractivity contribution is 0.191. The highest BCUT2D eigenvalue weighted by Crippen LogP contribution is 2.26. The molecule has 1 N–H and O–H groups in total. The van der Waals surface area contributed by atoms with E-state index in [2.05, 4.69) is 49.0 Å². The summed E-state index contributed by atoms with van der Waals surface area (Å²) in [5.74, 6) is 0. The van der Waals surface area contributed by atoms with Crippen LogP contribution in [0.25, 0.3) is 0 Å². The normalized spacial score (nSPS) is 18.8. The van der Waals surface area contributed by atoms with Gasteiger partial charge in [0.15, 0.2) is 0 Å². The van der Waals surface area contributed by atoms with E-state index in [0.29, 0.717) is 17.3 Å². The smallest absolute Gasteiger partial charge is 0.264 e. The summed E-state index contributed by atoms with van der Waals surface area (Å²) in [7, 11) is 0. The molecule has 1 fully saturated rings. The second kappa shape index (κ2) is 20.3. The number of allylic oxidation sites excluding steroid dienone is 11. The minimum Gasteiger partial charge on any atom is -0.372 e. The Bertz CT molecular complexity index is 927. The fourth-order valence-corrected chi connectivity index (χ4v) is 3.95. The topological polar surface area (TPSA) is 51.4 Å². The number of halogens is 2. The van der Waals surface area contributed by atoms with E-state index in [4.69, 9.17) is 5.26 Å². The minimum absolute atomic E-state index is 0.0554. The third-order valence-corrected chi connectivity index (χ3v) is 5.83. The molecule has 1 saturated heterocycles. The molecule has 6 heteroatoms. The summed E-state index contributed by atoms with van der Waals surface area (Å²) in [4.78, 5) is 6.53. The van der Waals surface area contributed by atoms with Gasteiger partial charge >= 0.3 is 0 Å². The average molecular weight is 515 g/mol. The quantitative estimate of drug-likeness (QED) is 0.171. The Morgan fingerprint density at radius 2 is 1.84 bits per heavy atom. The molecule has 0 saturated carbocycles. The van der Waals surface area contributed by atoms with Gasteiger partial charge in [-0.05, 0) is 66.0 Å². The van der Waals surface area contributed by atoms with Crippen LogP contribution < -0.4 is 5.32 Å². The van der Waals surface area contributed by atoms with Crippen molar-refractivity contribution in [1.82, 2.24) is 10.2 Å². The van der Waals surface area contributed by atoms with Crippen molar-refractivity contribution in [2.45, 2.75) is 93.5 Å². The number of piperazine rings is 1. The fraction of sp³-hybridized carbons (Fsp3) is 0.548. The highest BCUT2D eigenvalue weighted by atomic mass is 19.3. The fourth-order valence-electron chi connectivity index (χ4n) is 3.95. The maximum absolute atomic E-state index is 13.5. The Hall–Kier alpha value is -2.78. The van der Waals surface area contributed by atoms with E-state index in [1.165, 1.54) is 11.6 Å². The summed E-state index contributed by atoms with van der Waals surface area (Å²) in [6, 6.07) is 2.53. The molecule has 0 aromatic heterocycles. The van der Waals surface area contributed by atoms with Gasteiger partial charge in [-0.25, -0.2) is 8.78 Å². The number of hydrogen-bond donors (Lipinski definition) is 1. The summed E-state index contributed by atoms with van der Waals surface area (Å²) in [5.41, 5.74) is 4.13. The Kier molecular flexibility index (Phi) is 18.8. The number of nitrogens with one attached hydrogen (secondary N) is 1. The molecule has 1 rings (SSSR count). The predicted octanol–water partition coefficient (Wildman–Crippen LogP) is 8.30. The minimum atomic E-state index is -2.51. The standard InChI is InChI=1S/C18H29F2N3.C13H19N/c1-6-8-9-22-14(4)17(16(7-2)18(19)20)15(5)23-11-10-21-13(3)12-23;1-4-6-7-9-13(11-14)10-12(3)8-5-2/h7-9,13,18,21H,6,10-12H2,1-5H3;6-7,9-10H,4-5,8H2,1-3H3/b9-8+,16-7+,17-15-,22-14+;7-6+,12-10+,13-9+. The Morgan fingerprint density at radius 3 is 2.35 bits per heavy atom. The number of aliphatic imine (C=N–C) groups is 1. The van der Waals surface area contributed by atoms with Gasteiger partial charge in [0, 0.05) is 54.4 Å². The van der Waals surface area contributed by atoms with Crippen molar-refractivity contribution in [3.8, 4) is 6.07 Å². The van der Waals surface area contributed by atoms with E-state index >= 15 is 0 Å². The molecule has 0 bridgehead atoms. The molecule has 1 atom stereocenters. The van der Waals surface area contributed by atoms with Crippen LogP contribution in [0, 0.1) is 11.3 Å². The molecule has 1 heterocycles. The first-order valence-corrected chi connectivity index (χ1v) is 13.4. The lowest BCUT2D eigenvalue weighted by Crippen LogP contribution is -2.48. The maximum Gasteiger partial charge on any atom is 0.264 e. The van der Waals surface area contributed by atoms with Crippen molar-refractivity contribution >= 4 is 5.71 Å². The van der Waals surface area contributed by atoms with Crippen molar-refractivity contribution in [3.05, 3.63) is 70.6 Å². The van der Waals surface area contributed by atoms with Gasteiger partial charge < -0.3 is 10.2 Å². The SMILES string of the molecule is CC/C=C/C=C(C#N)\C=C(/C)CCC.C\C=C(C(/C(C)=N/C=C/CC)=C(/C)N1CCNC(C)C1)\C(F)F. The monoisotopic (exact) mass is 514 g/mol. The second-order valence-corrected chi connectivity index (χ2v) is 9.12. The highest BCUT2D eigenvalue weighted by molar-refractivity contribution is 6.03. The number of hydrogen-bond acceptors (Lipinski definition) is 4. The van der Waals surface area contributed by atoms with Crippen LogP contribution in [0.15, 0.2) is 75.6 Å². The molecule has 0 amide bonds. The summed E-state index contributed by atoms with van der Waals surface area (Å²) < 4.78 is 27.0. The van der Waals surface area contributed by atoms with Gasteiger partial charge in [0.25, 0.3) is 6.43 Å². The predicted molar refractivity (Wildman–Crippen MR) is 156 cm³/mol. The first kappa shape index (κ1) is 34.2. The third kappa shape index (κ3) is 13.9. The molecule has 0 spiro atoms. The lowest BCUT2D eigenvalue weighted by Gasteiger charge is -2.35. The lowest BCUT2D eigenvalue weighted by atomic mass is 9.98. The molecule has 37 heavy (non-hydrogen) atoms. The molecule has 0 aromatic rings. The van der Waals surface area contributed by atoms with Crippen molar-refractivity contribution in [2.75, 3.05) is 19.6 Å². The first-order valence-electron chi connectivity index (χ1n) is 13.4. The molecule has 206 valence electrons. The highest BCUT2D eigenvalue weighted by Gasteiger charge is 2.24. The first-order chi connectivity index (χ1) is 17.7. The van der Waals surface area contributed by atoms with E-state index in [9.17, 15) is 8.78 Å². The van der Waals surface area contributed by atoms with Crippen LogP contribution in [0.1, 0.15) is 81.1 Å². The van der Waals surface area contributed by atoms with Crippen LogP contribution >= 0.6 is 0 Å². The van der Waals surface area contributed by atoms with Crippen molar-refractivity contribution < 1.29 is 8.78 Å². The average Bonchev–Trinajstić information content (AvgIpc) is 2.86. The number of nitriles is 1. The van der Waals surface area contributed by atoms with Crippen molar-refractivity contribution in [3.63, 3.8) is 0 Å². The zero-order valence-electron chi connectivity index (χ0n) is 24.2. The largest absolute Gasteiger partial charge is 0.372 e. The van der Waals surface area contributed by atoms with Crippen LogP contribution in [0.4, 0.5) is 8.78 Å². The number of rotatable bonds is 11. The van der Waals surface area contributed by atoms with E-state index in [1.807, 2.05) is 44.2 Å². The molecule has 0 aromatic carbocycles. The Labute approximate surface area is 224 Å². The molecular formula is C31H48F2N4. The zero-order valence-corrected chi connectivity index (χ0v) is 24.2. The van der Waals surface area contributed by atoms with Crippen LogP contribution in [0.5, 0.6) is 0 Å². The molecule has 1 aliphatic heterocycles. The van der Waals surface area contributed by atoms with Crippen molar-refractivity contribution in [2.24, 2.45) is 4.99 Å². The van der Waals surface area contributed by atoms with Gasteiger partial charge in [0.1, 0.15) is 0 Å². The van der Waals surface area contributed by atoms with E-state index in [-0.39, 0.29) is 5.57 Å². The summed E-state index contributed by atoms with van der Waals surface area (Å²) >= 11 is 0. The van der Waals surface area contributed by atoms with Gasteiger partial charge in [-0.15, -0.1) is 0 Å². The molecule has 0 aliphatic carbocycles. The zero-order chi connectivity index (χ0) is 28.2. The number of alkyl halides is 2.